The van der Waals surface area contributed by atoms with Gasteiger partial charge in [-0.05, 0) is 23.7 Å². The number of ether oxygens (including phenoxy) is 3. The number of carbonyl (C=O) groups is 1. The Morgan fingerprint density at radius 3 is 2.76 bits per heavy atom. The van der Waals surface area contributed by atoms with Gasteiger partial charge >= 0.3 is 5.97 Å². The normalized spacial score (nSPS) is 9.06. The summed E-state index contributed by atoms with van der Waals surface area (Å²) in [4.78, 5) is 13.6. The average molecular weight is 237 g/mol. The fourth-order valence-electron chi connectivity index (χ4n) is 1.08. The Kier molecular flexibility index (Phi) is 4.65. The number of hydrogen-bond acceptors (Lipinski definition) is 5. The van der Waals surface area contributed by atoms with Crippen molar-refractivity contribution in [2.75, 3.05) is 20.8 Å². The highest BCUT2D eigenvalue weighted by atomic mass is 16.6. The van der Waals surface area contributed by atoms with Crippen molar-refractivity contribution in [3.8, 4) is 11.5 Å². The second-order valence-corrected chi connectivity index (χ2v) is 2.89. The zero-order valence-electron chi connectivity index (χ0n) is 9.41. The van der Waals surface area contributed by atoms with Crippen molar-refractivity contribution in [2.45, 2.75) is 0 Å². The quantitative estimate of drug-likeness (QED) is 0.339. The van der Waals surface area contributed by atoms with Gasteiger partial charge in [-0.3, -0.25) is 0 Å². The molecular formula is C10H11N3O4. The highest BCUT2D eigenvalue weighted by Crippen LogP contribution is 2.31. The molecule has 0 saturated carbocycles. The molecule has 0 spiro atoms. The molecule has 0 fully saturated rings. The van der Waals surface area contributed by atoms with Gasteiger partial charge in [0.15, 0.2) is 18.1 Å². The highest BCUT2D eigenvalue weighted by molar-refractivity contribution is 5.71. The number of azide groups is 1. The van der Waals surface area contributed by atoms with Crippen molar-refractivity contribution >= 4 is 11.7 Å². The first kappa shape index (κ1) is 12.7. The van der Waals surface area contributed by atoms with Crippen LogP contribution in [0.25, 0.3) is 10.4 Å². The Morgan fingerprint density at radius 2 is 2.18 bits per heavy atom. The van der Waals surface area contributed by atoms with E-state index in [1.165, 1.54) is 20.3 Å². The van der Waals surface area contributed by atoms with Gasteiger partial charge in [-0.1, -0.05) is 5.11 Å². The molecule has 0 radical (unpaired) electrons. The summed E-state index contributed by atoms with van der Waals surface area (Å²) in [5.74, 6) is 0.250. The third-order valence-electron chi connectivity index (χ3n) is 1.88. The van der Waals surface area contributed by atoms with Crippen molar-refractivity contribution in [1.29, 1.82) is 0 Å². The summed E-state index contributed by atoms with van der Waals surface area (Å²) in [6.45, 7) is -0.215. The molecule has 0 saturated heterocycles. The maximum Gasteiger partial charge on any atom is 0.343 e. The first-order valence-electron chi connectivity index (χ1n) is 4.64. The predicted octanol–water partition coefficient (Wildman–Crippen LogP) is 2.19. The Bertz CT molecular complexity index is 455. The first-order chi connectivity index (χ1) is 8.21. The lowest BCUT2D eigenvalue weighted by molar-refractivity contribution is -0.142. The molecular weight excluding hydrogens is 226 g/mol. The summed E-state index contributed by atoms with van der Waals surface area (Å²) in [5.41, 5.74) is 8.68. The Balaban J connectivity index is 2.85. The van der Waals surface area contributed by atoms with Gasteiger partial charge < -0.3 is 14.2 Å². The number of rotatable bonds is 5. The molecule has 0 aliphatic carbocycles. The number of carbonyl (C=O) groups excluding carboxylic acids is 1. The topological polar surface area (TPSA) is 93.5 Å². The van der Waals surface area contributed by atoms with E-state index < -0.39 is 5.97 Å². The molecule has 0 amide bonds. The third kappa shape index (κ3) is 3.58. The van der Waals surface area contributed by atoms with E-state index in [1.54, 1.807) is 12.1 Å². The SMILES string of the molecule is COC(=O)COc1ccc(N=[N+]=[N-])cc1OC. The molecule has 1 aromatic carbocycles. The van der Waals surface area contributed by atoms with Crippen LogP contribution in [0.5, 0.6) is 11.5 Å². The first-order valence-corrected chi connectivity index (χ1v) is 4.64. The molecule has 0 unspecified atom stereocenters. The van der Waals surface area contributed by atoms with Crippen LogP contribution < -0.4 is 9.47 Å². The van der Waals surface area contributed by atoms with E-state index in [1.807, 2.05) is 0 Å². The molecule has 0 heterocycles. The monoisotopic (exact) mass is 237 g/mol. The van der Waals surface area contributed by atoms with Gasteiger partial charge in [-0.2, -0.15) is 0 Å². The van der Waals surface area contributed by atoms with Crippen LogP contribution >= 0.6 is 0 Å². The summed E-state index contributed by atoms with van der Waals surface area (Å²) in [6.07, 6.45) is 0. The Morgan fingerprint density at radius 1 is 1.41 bits per heavy atom. The zero-order chi connectivity index (χ0) is 12.7. The van der Waals surface area contributed by atoms with Gasteiger partial charge in [-0.25, -0.2) is 4.79 Å². The van der Waals surface area contributed by atoms with Crippen LogP contribution in [0, 0.1) is 0 Å². The lowest BCUT2D eigenvalue weighted by Crippen LogP contribution is -2.12. The van der Waals surface area contributed by atoms with Gasteiger partial charge in [0.2, 0.25) is 0 Å². The smallest absolute Gasteiger partial charge is 0.343 e. The second kappa shape index (κ2) is 6.24. The average Bonchev–Trinajstić information content (AvgIpc) is 2.36. The van der Waals surface area contributed by atoms with Crippen LogP contribution in [0.15, 0.2) is 23.3 Å². The number of nitrogens with zero attached hydrogens (tertiary/aromatic N) is 3. The number of hydrogen-bond donors (Lipinski definition) is 0. The van der Waals surface area contributed by atoms with Crippen molar-refractivity contribution in [1.82, 2.24) is 0 Å². The van der Waals surface area contributed by atoms with E-state index in [-0.39, 0.29) is 6.61 Å². The Hall–Kier alpha value is -2.40. The van der Waals surface area contributed by atoms with E-state index in [9.17, 15) is 4.79 Å². The second-order valence-electron chi connectivity index (χ2n) is 2.89. The van der Waals surface area contributed by atoms with Crippen molar-refractivity contribution < 1.29 is 19.0 Å². The predicted molar refractivity (Wildman–Crippen MR) is 59.3 cm³/mol. The Labute approximate surface area is 97.5 Å². The van der Waals surface area contributed by atoms with Crippen LogP contribution in [-0.4, -0.2) is 26.8 Å². The van der Waals surface area contributed by atoms with E-state index in [2.05, 4.69) is 14.8 Å². The van der Waals surface area contributed by atoms with Crippen LogP contribution in [-0.2, 0) is 9.53 Å². The molecule has 0 atom stereocenters. The summed E-state index contributed by atoms with van der Waals surface area (Å²) in [6, 6.07) is 4.60. The molecule has 7 heteroatoms. The molecule has 1 aromatic rings. The molecule has 0 bridgehead atoms. The molecule has 0 aromatic heterocycles. The minimum Gasteiger partial charge on any atom is -0.493 e. The minimum atomic E-state index is -0.494. The van der Waals surface area contributed by atoms with E-state index in [0.717, 1.165) is 0 Å². The number of benzene rings is 1. The van der Waals surface area contributed by atoms with Crippen LogP contribution in [0.2, 0.25) is 0 Å². The van der Waals surface area contributed by atoms with Crippen LogP contribution in [0.1, 0.15) is 0 Å². The number of esters is 1. The highest BCUT2D eigenvalue weighted by Gasteiger charge is 2.07. The molecule has 1 rings (SSSR count). The third-order valence-corrected chi connectivity index (χ3v) is 1.88. The van der Waals surface area contributed by atoms with Crippen molar-refractivity contribution in [3.05, 3.63) is 28.6 Å². The van der Waals surface area contributed by atoms with E-state index in [4.69, 9.17) is 15.0 Å². The standard InChI is InChI=1S/C10H11N3O4/c1-15-9-5-7(12-13-11)3-4-8(9)17-6-10(14)16-2/h3-5H,6H2,1-2H3. The fourth-order valence-corrected chi connectivity index (χ4v) is 1.08. The maximum absolute atomic E-state index is 10.9. The molecule has 0 aliphatic rings. The minimum absolute atomic E-state index is 0.215. The van der Waals surface area contributed by atoms with Gasteiger partial charge in [0.1, 0.15) is 0 Å². The van der Waals surface area contributed by atoms with Crippen LogP contribution in [0.4, 0.5) is 5.69 Å². The zero-order valence-corrected chi connectivity index (χ0v) is 9.41. The lowest BCUT2D eigenvalue weighted by Gasteiger charge is -2.09. The van der Waals surface area contributed by atoms with Gasteiger partial charge in [0.25, 0.3) is 0 Å². The lowest BCUT2D eigenvalue weighted by atomic mass is 10.3. The van der Waals surface area contributed by atoms with E-state index in [0.29, 0.717) is 17.2 Å². The molecule has 0 N–H and O–H groups in total. The number of methoxy groups -OCH3 is 2. The van der Waals surface area contributed by atoms with Gasteiger partial charge in [0.05, 0.1) is 14.2 Å². The molecule has 0 aliphatic heterocycles. The maximum atomic E-state index is 10.9. The van der Waals surface area contributed by atoms with Gasteiger partial charge in [-0.15, -0.1) is 0 Å². The molecule has 17 heavy (non-hydrogen) atoms. The summed E-state index contributed by atoms with van der Waals surface area (Å²) in [7, 11) is 2.72. The summed E-state index contributed by atoms with van der Waals surface area (Å²) < 4.78 is 14.7. The molecule has 7 nitrogen and oxygen atoms in total. The van der Waals surface area contributed by atoms with Crippen molar-refractivity contribution in [2.24, 2.45) is 5.11 Å². The van der Waals surface area contributed by atoms with E-state index >= 15 is 0 Å². The molecule has 90 valence electrons. The largest absolute Gasteiger partial charge is 0.493 e. The summed E-state index contributed by atoms with van der Waals surface area (Å²) in [5, 5.41) is 3.42. The summed E-state index contributed by atoms with van der Waals surface area (Å²) >= 11 is 0. The van der Waals surface area contributed by atoms with Crippen LogP contribution in [0.3, 0.4) is 0 Å². The fraction of sp³-hybridized carbons (Fsp3) is 0.300. The van der Waals surface area contributed by atoms with Gasteiger partial charge in [0, 0.05) is 10.6 Å². The van der Waals surface area contributed by atoms with Crippen molar-refractivity contribution in [3.63, 3.8) is 0 Å².